The molecule has 0 aliphatic heterocycles. The molecule has 0 unspecified atom stereocenters. The first kappa shape index (κ1) is 20.4. The van der Waals surface area contributed by atoms with E-state index in [1.807, 2.05) is 0 Å². The van der Waals surface area contributed by atoms with Gasteiger partial charge in [-0.3, -0.25) is 9.10 Å². The highest BCUT2D eigenvalue weighted by molar-refractivity contribution is 7.92. The van der Waals surface area contributed by atoms with Gasteiger partial charge in [0, 0.05) is 5.69 Å². The van der Waals surface area contributed by atoms with E-state index in [2.05, 4.69) is 5.32 Å². The van der Waals surface area contributed by atoms with Crippen LogP contribution in [0.2, 0.25) is 10.0 Å². The molecule has 0 saturated carbocycles. The largest absolute Gasteiger partial charge is 0.497 e. The van der Waals surface area contributed by atoms with Crippen LogP contribution in [0.25, 0.3) is 0 Å². The summed E-state index contributed by atoms with van der Waals surface area (Å²) in [6.07, 6.45) is 1.02. The van der Waals surface area contributed by atoms with E-state index in [-0.39, 0.29) is 10.7 Å². The van der Waals surface area contributed by atoms with Gasteiger partial charge in [-0.15, -0.1) is 0 Å². The Kier molecular flexibility index (Phi) is 6.39. The fraction of sp³-hybridized carbons (Fsp3) is 0.235. The van der Waals surface area contributed by atoms with Crippen LogP contribution in [0.15, 0.2) is 42.5 Å². The number of carbonyl (C=O) groups is 1. The van der Waals surface area contributed by atoms with Gasteiger partial charge in [-0.1, -0.05) is 23.2 Å². The lowest BCUT2D eigenvalue weighted by atomic mass is 10.2. The molecule has 140 valence electrons. The highest BCUT2D eigenvalue weighted by Crippen LogP contribution is 2.30. The third kappa shape index (κ3) is 4.81. The first-order valence-electron chi connectivity index (χ1n) is 7.53. The van der Waals surface area contributed by atoms with Crippen molar-refractivity contribution in [2.45, 2.75) is 13.0 Å². The molecular weight excluding hydrogens is 399 g/mol. The number of amides is 1. The van der Waals surface area contributed by atoms with Gasteiger partial charge in [0.15, 0.2) is 0 Å². The van der Waals surface area contributed by atoms with Crippen LogP contribution in [0.5, 0.6) is 5.75 Å². The topological polar surface area (TPSA) is 75.7 Å². The van der Waals surface area contributed by atoms with Crippen LogP contribution in [0.1, 0.15) is 6.92 Å². The van der Waals surface area contributed by atoms with Crippen LogP contribution < -0.4 is 14.4 Å². The van der Waals surface area contributed by atoms with E-state index in [0.29, 0.717) is 16.5 Å². The van der Waals surface area contributed by atoms with Gasteiger partial charge in [0.2, 0.25) is 15.9 Å². The number of nitrogens with one attached hydrogen (secondary N) is 1. The Balaban J connectivity index is 2.29. The van der Waals surface area contributed by atoms with Gasteiger partial charge in [-0.2, -0.15) is 0 Å². The smallest absolute Gasteiger partial charge is 0.247 e. The molecule has 0 bridgehead atoms. The monoisotopic (exact) mass is 416 g/mol. The standard InChI is InChI=1S/C17H18Cl2N2O4S/c1-11(17(22)20-12-4-7-14(25-2)8-5-12)21(26(3,23)24)13-6-9-15(18)16(19)10-13/h4-11H,1-3H3,(H,20,22)/t11-/m1/s1. The minimum atomic E-state index is -3.74. The Morgan fingerprint density at radius 2 is 1.73 bits per heavy atom. The van der Waals surface area contributed by atoms with E-state index in [1.54, 1.807) is 24.3 Å². The average Bonchev–Trinajstić information content (AvgIpc) is 2.57. The average molecular weight is 417 g/mol. The summed E-state index contributed by atoms with van der Waals surface area (Å²) in [6, 6.07) is 10.1. The number of halogens is 2. The number of rotatable bonds is 6. The molecule has 26 heavy (non-hydrogen) atoms. The van der Waals surface area contributed by atoms with Gasteiger partial charge in [0.1, 0.15) is 11.8 Å². The van der Waals surface area contributed by atoms with E-state index in [1.165, 1.54) is 32.2 Å². The molecule has 0 saturated heterocycles. The molecule has 9 heteroatoms. The van der Waals surface area contributed by atoms with Crippen molar-refractivity contribution in [1.29, 1.82) is 0 Å². The Morgan fingerprint density at radius 1 is 1.12 bits per heavy atom. The van der Waals surface area contributed by atoms with Gasteiger partial charge in [0.25, 0.3) is 0 Å². The minimum Gasteiger partial charge on any atom is -0.497 e. The number of hydrogen-bond donors (Lipinski definition) is 1. The molecular formula is C17H18Cl2N2O4S. The Hall–Kier alpha value is -1.96. The Morgan fingerprint density at radius 3 is 2.23 bits per heavy atom. The third-order valence-electron chi connectivity index (χ3n) is 3.60. The summed E-state index contributed by atoms with van der Waals surface area (Å²) < 4.78 is 30.6. The van der Waals surface area contributed by atoms with Crippen molar-refractivity contribution in [3.8, 4) is 5.75 Å². The van der Waals surface area contributed by atoms with E-state index in [0.717, 1.165) is 10.6 Å². The van der Waals surface area contributed by atoms with Crippen LogP contribution >= 0.6 is 23.2 Å². The molecule has 2 aromatic carbocycles. The second-order valence-corrected chi connectivity index (χ2v) is 8.22. The first-order chi connectivity index (χ1) is 12.1. The summed E-state index contributed by atoms with van der Waals surface area (Å²) in [6.45, 7) is 1.49. The van der Waals surface area contributed by atoms with E-state index >= 15 is 0 Å². The van der Waals surface area contributed by atoms with E-state index < -0.39 is 22.0 Å². The van der Waals surface area contributed by atoms with Crippen molar-refractivity contribution in [2.75, 3.05) is 23.0 Å². The van der Waals surface area contributed by atoms with Gasteiger partial charge < -0.3 is 10.1 Å². The Bertz CT molecular complexity index is 901. The summed E-state index contributed by atoms with van der Waals surface area (Å²) >= 11 is 11.9. The van der Waals surface area contributed by atoms with Crippen LogP contribution in [0.3, 0.4) is 0 Å². The third-order valence-corrected chi connectivity index (χ3v) is 5.58. The quantitative estimate of drug-likeness (QED) is 0.776. The fourth-order valence-electron chi connectivity index (χ4n) is 2.35. The van der Waals surface area contributed by atoms with Crippen molar-refractivity contribution in [3.05, 3.63) is 52.5 Å². The number of anilines is 2. The number of ether oxygens (including phenoxy) is 1. The molecule has 0 spiro atoms. The summed E-state index contributed by atoms with van der Waals surface area (Å²) in [4.78, 5) is 12.6. The summed E-state index contributed by atoms with van der Waals surface area (Å²) in [5.41, 5.74) is 0.768. The lowest BCUT2D eigenvalue weighted by Gasteiger charge is -2.28. The summed E-state index contributed by atoms with van der Waals surface area (Å²) in [5.74, 6) is 0.149. The van der Waals surface area contributed by atoms with Crippen LogP contribution in [-0.2, 0) is 14.8 Å². The maximum absolute atomic E-state index is 12.6. The summed E-state index contributed by atoms with van der Waals surface area (Å²) in [7, 11) is -2.21. The highest BCUT2D eigenvalue weighted by Gasteiger charge is 2.29. The predicted octanol–water partition coefficient (Wildman–Crippen LogP) is 3.80. The van der Waals surface area contributed by atoms with Crippen LogP contribution in [-0.4, -0.2) is 33.7 Å². The zero-order chi connectivity index (χ0) is 19.5. The normalized spacial score (nSPS) is 12.3. The Labute approximate surface area is 162 Å². The van der Waals surface area contributed by atoms with E-state index in [4.69, 9.17) is 27.9 Å². The maximum atomic E-state index is 12.6. The number of sulfonamides is 1. The van der Waals surface area contributed by atoms with Gasteiger partial charge in [-0.25, -0.2) is 8.42 Å². The highest BCUT2D eigenvalue weighted by atomic mass is 35.5. The van der Waals surface area contributed by atoms with Gasteiger partial charge in [0.05, 0.1) is 29.1 Å². The molecule has 2 rings (SSSR count). The van der Waals surface area contributed by atoms with Crippen molar-refractivity contribution in [1.82, 2.24) is 0 Å². The minimum absolute atomic E-state index is 0.195. The van der Waals surface area contributed by atoms with Gasteiger partial charge >= 0.3 is 0 Å². The number of nitrogens with zero attached hydrogens (tertiary/aromatic N) is 1. The molecule has 6 nitrogen and oxygen atoms in total. The van der Waals surface area contributed by atoms with Crippen molar-refractivity contribution >= 4 is 50.5 Å². The molecule has 2 aromatic rings. The van der Waals surface area contributed by atoms with Crippen LogP contribution in [0, 0.1) is 0 Å². The lowest BCUT2D eigenvalue weighted by molar-refractivity contribution is -0.116. The number of methoxy groups -OCH3 is 1. The first-order valence-corrected chi connectivity index (χ1v) is 10.1. The predicted molar refractivity (Wildman–Crippen MR) is 105 cm³/mol. The summed E-state index contributed by atoms with van der Waals surface area (Å²) in [5, 5.41) is 3.17. The molecule has 1 amide bonds. The zero-order valence-corrected chi connectivity index (χ0v) is 16.7. The zero-order valence-electron chi connectivity index (χ0n) is 14.4. The van der Waals surface area contributed by atoms with Crippen LogP contribution in [0.4, 0.5) is 11.4 Å². The molecule has 1 atom stereocenters. The fourth-order valence-corrected chi connectivity index (χ4v) is 3.81. The molecule has 0 radical (unpaired) electrons. The SMILES string of the molecule is COc1ccc(NC(=O)[C@@H](C)N(c2ccc(Cl)c(Cl)c2)S(C)(=O)=O)cc1. The molecule has 1 N–H and O–H groups in total. The number of hydrogen-bond acceptors (Lipinski definition) is 4. The molecule has 0 fully saturated rings. The van der Waals surface area contributed by atoms with E-state index in [9.17, 15) is 13.2 Å². The molecule has 0 aliphatic carbocycles. The second kappa shape index (κ2) is 8.16. The van der Waals surface area contributed by atoms with Crippen molar-refractivity contribution in [3.63, 3.8) is 0 Å². The van der Waals surface area contributed by atoms with Crippen molar-refractivity contribution < 1.29 is 17.9 Å². The van der Waals surface area contributed by atoms with Crippen molar-refractivity contribution in [2.24, 2.45) is 0 Å². The maximum Gasteiger partial charge on any atom is 0.247 e. The second-order valence-electron chi connectivity index (χ2n) is 5.55. The molecule has 0 heterocycles. The number of carbonyl (C=O) groups excluding carboxylic acids is 1. The van der Waals surface area contributed by atoms with Gasteiger partial charge in [-0.05, 0) is 49.4 Å². The molecule has 0 aromatic heterocycles. The number of benzene rings is 2. The molecule has 0 aliphatic rings. The lowest BCUT2D eigenvalue weighted by Crippen LogP contribution is -2.45.